The van der Waals surface area contributed by atoms with Crippen LogP contribution in [0.3, 0.4) is 0 Å². The number of methoxy groups -OCH3 is 1. The predicted octanol–water partition coefficient (Wildman–Crippen LogP) is 1.19. The Bertz CT molecular complexity index is 373. The van der Waals surface area contributed by atoms with Crippen LogP contribution >= 0.6 is 0 Å². The van der Waals surface area contributed by atoms with Gasteiger partial charge in [0.25, 0.3) is 0 Å². The van der Waals surface area contributed by atoms with Gasteiger partial charge < -0.3 is 25.0 Å². The molecule has 5 nitrogen and oxygen atoms in total. The van der Waals surface area contributed by atoms with E-state index in [0.717, 1.165) is 18.6 Å². The second kappa shape index (κ2) is 9.58. The molecule has 0 saturated carbocycles. The molecule has 3 N–H and O–H groups in total. The summed E-state index contributed by atoms with van der Waals surface area (Å²) in [6.45, 7) is 3.11. The van der Waals surface area contributed by atoms with Crippen molar-refractivity contribution in [3.8, 4) is 11.5 Å². The van der Waals surface area contributed by atoms with Gasteiger partial charge in [0.15, 0.2) is 0 Å². The second-order valence-electron chi connectivity index (χ2n) is 4.74. The van der Waals surface area contributed by atoms with Crippen LogP contribution in [0.25, 0.3) is 0 Å². The molecule has 0 fully saturated rings. The SMILES string of the molecule is CCCC(O)CNCC(O)COc1cccc(OC)c1. The van der Waals surface area contributed by atoms with Gasteiger partial charge in [0.1, 0.15) is 24.2 Å². The molecule has 0 aliphatic carbocycles. The van der Waals surface area contributed by atoms with E-state index in [1.807, 2.05) is 25.1 Å². The topological polar surface area (TPSA) is 71.0 Å². The summed E-state index contributed by atoms with van der Waals surface area (Å²) < 4.78 is 10.6. The quantitative estimate of drug-likeness (QED) is 0.601. The standard InChI is InChI=1S/C15H25NO4/c1-3-5-12(17)9-16-10-13(18)11-20-15-7-4-6-14(8-15)19-2/h4,6-8,12-13,16-18H,3,5,9-11H2,1-2H3. The molecule has 1 aromatic carbocycles. The van der Waals surface area contributed by atoms with Crippen molar-refractivity contribution in [1.82, 2.24) is 5.32 Å². The maximum absolute atomic E-state index is 9.78. The Balaban J connectivity index is 2.20. The van der Waals surface area contributed by atoms with Crippen molar-refractivity contribution in [3.05, 3.63) is 24.3 Å². The van der Waals surface area contributed by atoms with Gasteiger partial charge in [0.05, 0.1) is 13.2 Å². The van der Waals surface area contributed by atoms with Crippen LogP contribution in [0.4, 0.5) is 0 Å². The highest BCUT2D eigenvalue weighted by Crippen LogP contribution is 2.18. The van der Waals surface area contributed by atoms with Crippen LogP contribution in [0.2, 0.25) is 0 Å². The molecule has 0 aliphatic heterocycles. The van der Waals surface area contributed by atoms with Gasteiger partial charge in [0.2, 0.25) is 0 Å². The summed E-state index contributed by atoms with van der Waals surface area (Å²) in [6, 6.07) is 7.25. The first-order valence-corrected chi connectivity index (χ1v) is 6.99. The third kappa shape index (κ3) is 6.75. The van der Waals surface area contributed by atoms with Gasteiger partial charge in [-0.05, 0) is 18.6 Å². The summed E-state index contributed by atoms with van der Waals surface area (Å²) >= 11 is 0. The fourth-order valence-electron chi connectivity index (χ4n) is 1.79. The minimum atomic E-state index is -0.616. The normalized spacial score (nSPS) is 13.8. The molecule has 2 unspecified atom stereocenters. The first-order chi connectivity index (χ1) is 9.65. The number of ether oxygens (including phenoxy) is 2. The van der Waals surface area contributed by atoms with Crippen LogP contribution in [0.15, 0.2) is 24.3 Å². The molecule has 0 saturated heterocycles. The van der Waals surface area contributed by atoms with E-state index in [9.17, 15) is 10.2 Å². The third-order valence-corrected chi connectivity index (χ3v) is 2.87. The Morgan fingerprint density at radius 1 is 1.15 bits per heavy atom. The summed E-state index contributed by atoms with van der Waals surface area (Å²) in [6.07, 6.45) is 0.745. The summed E-state index contributed by atoms with van der Waals surface area (Å²) in [5, 5.41) is 22.3. The summed E-state index contributed by atoms with van der Waals surface area (Å²) in [7, 11) is 1.60. The van der Waals surface area contributed by atoms with Crippen molar-refractivity contribution >= 4 is 0 Å². The van der Waals surface area contributed by atoms with Crippen LogP contribution in [0, 0.1) is 0 Å². The van der Waals surface area contributed by atoms with Crippen molar-refractivity contribution in [2.45, 2.75) is 32.0 Å². The van der Waals surface area contributed by atoms with Crippen LogP contribution < -0.4 is 14.8 Å². The van der Waals surface area contributed by atoms with E-state index in [0.29, 0.717) is 18.8 Å². The molecular weight excluding hydrogens is 258 g/mol. The van der Waals surface area contributed by atoms with Crippen molar-refractivity contribution in [1.29, 1.82) is 0 Å². The molecule has 0 bridgehead atoms. The molecule has 20 heavy (non-hydrogen) atoms. The number of hydrogen-bond acceptors (Lipinski definition) is 5. The minimum absolute atomic E-state index is 0.198. The van der Waals surface area contributed by atoms with Gasteiger partial charge in [-0.3, -0.25) is 0 Å². The number of rotatable bonds is 10. The Hall–Kier alpha value is -1.30. The van der Waals surface area contributed by atoms with Gasteiger partial charge >= 0.3 is 0 Å². The Morgan fingerprint density at radius 2 is 1.85 bits per heavy atom. The summed E-state index contributed by atoms with van der Waals surface area (Å²) in [5.74, 6) is 1.38. The van der Waals surface area contributed by atoms with E-state index in [4.69, 9.17) is 9.47 Å². The van der Waals surface area contributed by atoms with Gasteiger partial charge in [-0.1, -0.05) is 19.4 Å². The molecule has 0 aliphatic rings. The molecule has 1 rings (SSSR count). The van der Waals surface area contributed by atoms with Crippen LogP contribution in [-0.2, 0) is 0 Å². The van der Waals surface area contributed by atoms with Crippen LogP contribution in [0.5, 0.6) is 11.5 Å². The highest BCUT2D eigenvalue weighted by molar-refractivity contribution is 5.32. The van der Waals surface area contributed by atoms with Crippen molar-refractivity contribution in [2.75, 3.05) is 26.8 Å². The molecule has 2 atom stereocenters. The van der Waals surface area contributed by atoms with E-state index in [1.165, 1.54) is 0 Å². The number of aliphatic hydroxyl groups is 2. The first kappa shape index (κ1) is 16.8. The van der Waals surface area contributed by atoms with Gasteiger partial charge in [0, 0.05) is 19.2 Å². The number of hydrogen-bond donors (Lipinski definition) is 3. The lowest BCUT2D eigenvalue weighted by molar-refractivity contribution is 0.0983. The zero-order valence-corrected chi connectivity index (χ0v) is 12.2. The number of aliphatic hydroxyl groups excluding tert-OH is 2. The molecule has 5 heteroatoms. The van der Waals surface area contributed by atoms with E-state index in [2.05, 4.69) is 5.32 Å². The Morgan fingerprint density at radius 3 is 2.55 bits per heavy atom. The van der Waals surface area contributed by atoms with Gasteiger partial charge in [-0.2, -0.15) is 0 Å². The van der Waals surface area contributed by atoms with Gasteiger partial charge in [-0.25, -0.2) is 0 Å². The number of nitrogens with one attached hydrogen (secondary N) is 1. The molecular formula is C15H25NO4. The molecule has 0 spiro atoms. The van der Waals surface area contributed by atoms with E-state index < -0.39 is 6.10 Å². The largest absolute Gasteiger partial charge is 0.497 e. The molecule has 0 amide bonds. The Labute approximate surface area is 120 Å². The van der Waals surface area contributed by atoms with Crippen molar-refractivity contribution in [3.63, 3.8) is 0 Å². The zero-order valence-electron chi connectivity index (χ0n) is 12.2. The van der Waals surface area contributed by atoms with Crippen molar-refractivity contribution < 1.29 is 19.7 Å². The highest BCUT2D eigenvalue weighted by atomic mass is 16.5. The summed E-state index contributed by atoms with van der Waals surface area (Å²) in [4.78, 5) is 0. The fourth-order valence-corrected chi connectivity index (χ4v) is 1.79. The smallest absolute Gasteiger partial charge is 0.123 e. The molecule has 0 heterocycles. The Kier molecular flexibility index (Phi) is 8.02. The van der Waals surface area contributed by atoms with E-state index in [1.54, 1.807) is 13.2 Å². The van der Waals surface area contributed by atoms with Crippen molar-refractivity contribution in [2.24, 2.45) is 0 Å². The molecule has 0 radical (unpaired) electrons. The van der Waals surface area contributed by atoms with E-state index >= 15 is 0 Å². The predicted molar refractivity (Wildman–Crippen MR) is 78.3 cm³/mol. The van der Waals surface area contributed by atoms with Gasteiger partial charge in [-0.15, -0.1) is 0 Å². The second-order valence-corrected chi connectivity index (χ2v) is 4.74. The minimum Gasteiger partial charge on any atom is -0.497 e. The molecule has 114 valence electrons. The average molecular weight is 283 g/mol. The molecule has 0 aromatic heterocycles. The summed E-state index contributed by atoms with van der Waals surface area (Å²) in [5.41, 5.74) is 0. The lowest BCUT2D eigenvalue weighted by Gasteiger charge is -2.15. The van der Waals surface area contributed by atoms with E-state index in [-0.39, 0.29) is 12.7 Å². The zero-order chi connectivity index (χ0) is 14.8. The van der Waals surface area contributed by atoms with Crippen LogP contribution in [-0.4, -0.2) is 49.2 Å². The highest BCUT2D eigenvalue weighted by Gasteiger charge is 2.07. The maximum Gasteiger partial charge on any atom is 0.123 e. The van der Waals surface area contributed by atoms with Crippen LogP contribution in [0.1, 0.15) is 19.8 Å². The third-order valence-electron chi connectivity index (χ3n) is 2.87. The fraction of sp³-hybridized carbons (Fsp3) is 0.600. The average Bonchev–Trinajstić information content (AvgIpc) is 2.45. The number of benzene rings is 1. The lowest BCUT2D eigenvalue weighted by Crippen LogP contribution is -2.35. The maximum atomic E-state index is 9.78. The molecule has 1 aromatic rings. The monoisotopic (exact) mass is 283 g/mol. The lowest BCUT2D eigenvalue weighted by atomic mass is 10.2. The first-order valence-electron chi connectivity index (χ1n) is 6.99.